The van der Waals surface area contributed by atoms with E-state index >= 15 is 0 Å². The van der Waals surface area contributed by atoms with Crippen LogP contribution in [0.3, 0.4) is 0 Å². The van der Waals surface area contributed by atoms with Gasteiger partial charge in [-0.25, -0.2) is 4.98 Å². The summed E-state index contributed by atoms with van der Waals surface area (Å²) in [5, 5.41) is 0. The Hall–Kier alpha value is -2.38. The fourth-order valence-corrected chi connectivity index (χ4v) is 3.01. The summed E-state index contributed by atoms with van der Waals surface area (Å²) in [6.45, 7) is 1.56. The quantitative estimate of drug-likeness (QED) is 0.781. The van der Waals surface area contributed by atoms with E-state index in [1.165, 1.54) is 6.07 Å². The Morgan fingerprint density at radius 1 is 1.40 bits per heavy atom. The highest BCUT2D eigenvalue weighted by molar-refractivity contribution is 5.83. The summed E-state index contributed by atoms with van der Waals surface area (Å²) < 4.78 is 48.6. The molecular weight excluding hydrogens is 339 g/mol. The molecule has 1 aromatic carbocycles. The second kappa shape index (κ2) is 6.50. The average Bonchev–Trinajstić information content (AvgIpc) is 2.93. The third kappa shape index (κ3) is 3.83. The van der Waals surface area contributed by atoms with E-state index in [1.54, 1.807) is 0 Å². The molecule has 2 aromatic rings. The molecule has 0 saturated heterocycles. The lowest BCUT2D eigenvalue weighted by molar-refractivity contribution is -0.154. The van der Waals surface area contributed by atoms with Crippen molar-refractivity contribution < 1.29 is 31.9 Å². The van der Waals surface area contributed by atoms with Gasteiger partial charge < -0.3 is 9.15 Å². The van der Waals surface area contributed by atoms with Gasteiger partial charge in [-0.2, -0.15) is 13.2 Å². The van der Waals surface area contributed by atoms with Crippen LogP contribution in [0.25, 0.3) is 11.1 Å². The van der Waals surface area contributed by atoms with Gasteiger partial charge in [0.25, 0.3) is 0 Å². The smallest absolute Gasteiger partial charge is 0.416 e. The second-order valence-corrected chi connectivity index (χ2v) is 6.26. The highest BCUT2D eigenvalue weighted by Crippen LogP contribution is 2.32. The molecule has 25 heavy (non-hydrogen) atoms. The molecule has 0 radical (unpaired) electrons. The van der Waals surface area contributed by atoms with Crippen LogP contribution in [0.5, 0.6) is 0 Å². The van der Waals surface area contributed by atoms with Gasteiger partial charge in [-0.15, -0.1) is 0 Å². The van der Waals surface area contributed by atoms with Crippen molar-refractivity contribution in [3.63, 3.8) is 0 Å². The molecule has 1 saturated carbocycles. The number of carbonyl (C=O) groups excluding carboxylic acids is 2. The standard InChI is InChI=1S/C17H16F3NO4/c1-9-6-11(22)3-4-12(9)16(23)24-8-15-21-13-7-10(17(18,19)20)2-5-14(13)25-15/h2,5,7,9,12H,3-4,6,8H2,1H3/t9-,12-/m0/s1. The molecule has 0 amide bonds. The minimum atomic E-state index is -4.46. The van der Waals surface area contributed by atoms with Crippen LogP contribution in [0.1, 0.15) is 37.6 Å². The first-order valence-electron chi connectivity index (χ1n) is 7.89. The summed E-state index contributed by atoms with van der Waals surface area (Å²) in [6.07, 6.45) is -3.31. The molecule has 0 aliphatic heterocycles. The van der Waals surface area contributed by atoms with Crippen LogP contribution in [0.15, 0.2) is 22.6 Å². The number of ether oxygens (including phenoxy) is 1. The maximum Gasteiger partial charge on any atom is 0.416 e. The first-order chi connectivity index (χ1) is 11.7. The summed E-state index contributed by atoms with van der Waals surface area (Å²) in [5.74, 6) is -0.734. The molecular formula is C17H16F3NO4. The number of halogens is 3. The average molecular weight is 355 g/mol. The fraction of sp³-hybridized carbons (Fsp3) is 0.471. The van der Waals surface area contributed by atoms with E-state index in [0.29, 0.717) is 19.3 Å². The lowest BCUT2D eigenvalue weighted by Crippen LogP contribution is -2.30. The summed E-state index contributed by atoms with van der Waals surface area (Å²) in [6, 6.07) is 2.98. The third-order valence-electron chi connectivity index (χ3n) is 4.37. The summed E-state index contributed by atoms with van der Waals surface area (Å²) >= 11 is 0. The molecule has 1 aliphatic rings. The summed E-state index contributed by atoms with van der Waals surface area (Å²) in [5.41, 5.74) is -0.578. The van der Waals surface area contributed by atoms with E-state index in [0.717, 1.165) is 12.1 Å². The second-order valence-electron chi connectivity index (χ2n) is 6.26. The largest absolute Gasteiger partial charge is 0.455 e. The number of hydrogen-bond donors (Lipinski definition) is 0. The Labute approximate surface area is 141 Å². The number of aromatic nitrogens is 1. The lowest BCUT2D eigenvalue weighted by atomic mass is 9.80. The van der Waals surface area contributed by atoms with E-state index in [1.807, 2.05) is 6.92 Å². The molecule has 1 fully saturated rings. The molecule has 0 bridgehead atoms. The number of carbonyl (C=O) groups is 2. The molecule has 0 N–H and O–H groups in total. The lowest BCUT2D eigenvalue weighted by Gasteiger charge is -2.25. The molecule has 1 aromatic heterocycles. The number of benzene rings is 1. The van der Waals surface area contributed by atoms with E-state index in [9.17, 15) is 22.8 Å². The zero-order valence-electron chi connectivity index (χ0n) is 13.4. The van der Waals surface area contributed by atoms with Crippen LogP contribution < -0.4 is 0 Å². The van der Waals surface area contributed by atoms with Crippen LogP contribution in [0.2, 0.25) is 0 Å². The molecule has 0 spiro atoms. The van der Waals surface area contributed by atoms with Crippen molar-refractivity contribution in [3.05, 3.63) is 29.7 Å². The Kier molecular flexibility index (Phi) is 4.53. The number of Topliss-reactive ketones (excluding diaryl/α,β-unsaturated/α-hetero) is 1. The van der Waals surface area contributed by atoms with Gasteiger partial charge in [0.15, 0.2) is 12.2 Å². The van der Waals surface area contributed by atoms with Crippen LogP contribution in [-0.2, 0) is 27.1 Å². The number of ketones is 1. The van der Waals surface area contributed by atoms with Crippen LogP contribution >= 0.6 is 0 Å². The van der Waals surface area contributed by atoms with Gasteiger partial charge in [0.1, 0.15) is 11.3 Å². The van der Waals surface area contributed by atoms with Crippen molar-refractivity contribution in [2.24, 2.45) is 11.8 Å². The first kappa shape index (κ1) is 17.4. The number of hydrogen-bond acceptors (Lipinski definition) is 5. The van der Waals surface area contributed by atoms with Crippen LogP contribution in [0, 0.1) is 11.8 Å². The van der Waals surface area contributed by atoms with Crippen LogP contribution in [0.4, 0.5) is 13.2 Å². The molecule has 5 nitrogen and oxygen atoms in total. The van der Waals surface area contributed by atoms with Crippen molar-refractivity contribution in [2.45, 2.75) is 39.0 Å². The highest BCUT2D eigenvalue weighted by Gasteiger charge is 2.33. The van der Waals surface area contributed by atoms with Crippen molar-refractivity contribution in [1.29, 1.82) is 0 Å². The highest BCUT2D eigenvalue weighted by atomic mass is 19.4. The number of rotatable bonds is 3. The van der Waals surface area contributed by atoms with E-state index in [2.05, 4.69) is 4.98 Å². The zero-order chi connectivity index (χ0) is 18.2. The minimum absolute atomic E-state index is 0.0298. The molecule has 8 heteroatoms. The van der Waals surface area contributed by atoms with Crippen LogP contribution in [-0.4, -0.2) is 16.7 Å². The zero-order valence-corrected chi connectivity index (χ0v) is 13.4. The minimum Gasteiger partial charge on any atom is -0.455 e. The van der Waals surface area contributed by atoms with Crippen molar-refractivity contribution in [3.8, 4) is 0 Å². The van der Waals surface area contributed by atoms with E-state index in [4.69, 9.17) is 9.15 Å². The number of fused-ring (bicyclic) bond motifs is 1. The number of alkyl halides is 3. The molecule has 134 valence electrons. The Morgan fingerprint density at radius 3 is 2.84 bits per heavy atom. The van der Waals surface area contributed by atoms with Gasteiger partial charge in [0.05, 0.1) is 11.5 Å². The van der Waals surface area contributed by atoms with Crippen molar-refractivity contribution in [2.75, 3.05) is 0 Å². The monoisotopic (exact) mass is 355 g/mol. The Morgan fingerprint density at radius 2 is 2.16 bits per heavy atom. The van der Waals surface area contributed by atoms with Gasteiger partial charge in [-0.05, 0) is 30.5 Å². The van der Waals surface area contributed by atoms with E-state index < -0.39 is 17.7 Å². The number of esters is 1. The maximum atomic E-state index is 12.7. The normalized spacial score (nSPS) is 21.5. The van der Waals surface area contributed by atoms with E-state index in [-0.39, 0.29) is 41.2 Å². The molecule has 3 rings (SSSR count). The summed E-state index contributed by atoms with van der Waals surface area (Å²) in [4.78, 5) is 27.4. The molecule has 2 atom stereocenters. The van der Waals surface area contributed by atoms with Gasteiger partial charge in [0.2, 0.25) is 5.89 Å². The predicted octanol–water partition coefficient (Wildman–Crippen LogP) is 3.90. The number of oxazole rings is 1. The topological polar surface area (TPSA) is 69.4 Å². The SMILES string of the molecule is C[C@H]1CC(=O)CC[C@@H]1C(=O)OCc1nc2cc(C(F)(F)F)ccc2o1. The predicted molar refractivity (Wildman–Crippen MR) is 80.3 cm³/mol. The number of nitrogens with zero attached hydrogens (tertiary/aromatic N) is 1. The van der Waals surface area contributed by atoms with Gasteiger partial charge in [-0.3, -0.25) is 9.59 Å². The van der Waals surface area contributed by atoms with Crippen molar-refractivity contribution in [1.82, 2.24) is 4.98 Å². The van der Waals surface area contributed by atoms with Gasteiger partial charge in [0, 0.05) is 12.8 Å². The third-order valence-corrected chi connectivity index (χ3v) is 4.37. The van der Waals surface area contributed by atoms with Gasteiger partial charge in [-0.1, -0.05) is 6.92 Å². The Balaban J connectivity index is 1.67. The molecule has 0 unspecified atom stereocenters. The first-order valence-corrected chi connectivity index (χ1v) is 7.89. The molecule has 1 heterocycles. The summed E-state index contributed by atoms with van der Waals surface area (Å²) in [7, 11) is 0. The maximum absolute atomic E-state index is 12.7. The molecule has 1 aliphatic carbocycles. The van der Waals surface area contributed by atoms with Gasteiger partial charge >= 0.3 is 12.1 Å². The fourth-order valence-electron chi connectivity index (χ4n) is 3.01. The van der Waals surface area contributed by atoms with Crippen molar-refractivity contribution >= 4 is 22.9 Å². The Bertz CT molecular complexity index is 812.